The summed E-state index contributed by atoms with van der Waals surface area (Å²) in [6.45, 7) is 2.89. The molecule has 0 saturated carbocycles. The van der Waals surface area contributed by atoms with Gasteiger partial charge in [0.15, 0.2) is 0 Å². The van der Waals surface area contributed by atoms with Gasteiger partial charge in [-0.05, 0) is 36.6 Å². The van der Waals surface area contributed by atoms with Crippen molar-refractivity contribution in [1.29, 1.82) is 0 Å². The number of rotatable bonds is 5. The maximum Gasteiger partial charge on any atom is 0.0441 e. The van der Waals surface area contributed by atoms with E-state index in [-0.39, 0.29) is 6.04 Å². The summed E-state index contributed by atoms with van der Waals surface area (Å²) in [6, 6.07) is 12.7. The molecule has 2 aromatic rings. The lowest BCUT2D eigenvalue weighted by Gasteiger charge is -2.23. The van der Waals surface area contributed by atoms with Crippen molar-refractivity contribution in [2.45, 2.75) is 25.9 Å². The lowest BCUT2D eigenvalue weighted by Crippen LogP contribution is -2.22. The predicted octanol–water partition coefficient (Wildman–Crippen LogP) is 2.61. The Bertz CT molecular complexity index is 508. The van der Waals surface area contributed by atoms with Crippen molar-refractivity contribution in [3.05, 3.63) is 59.9 Å². The number of nitrogens with two attached hydrogens (primary N) is 1. The van der Waals surface area contributed by atoms with Crippen molar-refractivity contribution in [2.24, 2.45) is 5.73 Å². The number of hydrogen-bond donors (Lipinski definition) is 1. The third kappa shape index (κ3) is 3.80. The normalized spacial score (nSPS) is 12.2. The molecule has 100 valence electrons. The van der Waals surface area contributed by atoms with E-state index in [2.05, 4.69) is 47.3 Å². The van der Waals surface area contributed by atoms with Gasteiger partial charge in [0, 0.05) is 37.7 Å². The molecule has 0 aliphatic carbocycles. The first-order chi connectivity index (χ1) is 9.16. The molecule has 0 radical (unpaired) electrons. The van der Waals surface area contributed by atoms with Gasteiger partial charge in [-0.1, -0.05) is 24.3 Å². The van der Waals surface area contributed by atoms with Crippen LogP contribution in [0.4, 0.5) is 5.69 Å². The van der Waals surface area contributed by atoms with Gasteiger partial charge in [0.1, 0.15) is 0 Å². The molecule has 3 heteroatoms. The highest BCUT2D eigenvalue weighted by Gasteiger charge is 2.09. The lowest BCUT2D eigenvalue weighted by atomic mass is 10.0. The van der Waals surface area contributed by atoms with Gasteiger partial charge in [-0.2, -0.15) is 0 Å². The van der Waals surface area contributed by atoms with Crippen LogP contribution in [0.2, 0.25) is 0 Å². The number of hydrogen-bond acceptors (Lipinski definition) is 3. The molecule has 2 rings (SSSR count). The summed E-state index contributed by atoms with van der Waals surface area (Å²) in [7, 11) is 2.10. The molecule has 1 aromatic heterocycles. The summed E-state index contributed by atoms with van der Waals surface area (Å²) in [4.78, 5) is 6.40. The van der Waals surface area contributed by atoms with Crippen LogP contribution in [0.25, 0.3) is 0 Å². The fourth-order valence-corrected chi connectivity index (χ4v) is 2.25. The van der Waals surface area contributed by atoms with E-state index in [4.69, 9.17) is 5.73 Å². The van der Waals surface area contributed by atoms with Gasteiger partial charge in [-0.15, -0.1) is 0 Å². The van der Waals surface area contributed by atoms with E-state index in [0.29, 0.717) is 0 Å². The van der Waals surface area contributed by atoms with Crippen LogP contribution >= 0.6 is 0 Å². The van der Waals surface area contributed by atoms with E-state index >= 15 is 0 Å². The van der Waals surface area contributed by atoms with Crippen LogP contribution in [0, 0.1) is 0 Å². The first kappa shape index (κ1) is 13.6. The number of pyridine rings is 1. The molecule has 0 saturated heterocycles. The summed E-state index contributed by atoms with van der Waals surface area (Å²) >= 11 is 0. The maximum atomic E-state index is 5.92. The molecule has 3 nitrogen and oxygen atoms in total. The van der Waals surface area contributed by atoms with E-state index < -0.39 is 0 Å². The monoisotopic (exact) mass is 255 g/mol. The molecule has 2 N–H and O–H groups in total. The van der Waals surface area contributed by atoms with Gasteiger partial charge in [0.25, 0.3) is 0 Å². The first-order valence-corrected chi connectivity index (χ1v) is 6.60. The molecule has 1 aromatic carbocycles. The zero-order valence-electron chi connectivity index (χ0n) is 11.6. The summed E-state index contributed by atoms with van der Waals surface area (Å²) in [5.74, 6) is 0. The number of benzene rings is 1. The Morgan fingerprint density at radius 2 is 2.00 bits per heavy atom. The van der Waals surface area contributed by atoms with Crippen LogP contribution in [0.3, 0.4) is 0 Å². The zero-order chi connectivity index (χ0) is 13.7. The summed E-state index contributed by atoms with van der Waals surface area (Å²) in [5.41, 5.74) is 9.66. The van der Waals surface area contributed by atoms with Gasteiger partial charge in [0.05, 0.1) is 0 Å². The van der Waals surface area contributed by atoms with Gasteiger partial charge >= 0.3 is 0 Å². The largest absolute Gasteiger partial charge is 0.370 e. The number of para-hydroxylation sites is 1. The molecule has 0 aliphatic heterocycles. The minimum Gasteiger partial charge on any atom is -0.370 e. The number of aromatic nitrogens is 1. The van der Waals surface area contributed by atoms with E-state index in [0.717, 1.165) is 13.0 Å². The second-order valence-electron chi connectivity index (χ2n) is 5.03. The molecule has 1 atom stereocenters. The second-order valence-corrected chi connectivity index (χ2v) is 5.03. The maximum absolute atomic E-state index is 5.92. The highest BCUT2D eigenvalue weighted by molar-refractivity contribution is 5.53. The smallest absolute Gasteiger partial charge is 0.0441 e. The molecular weight excluding hydrogens is 234 g/mol. The molecule has 19 heavy (non-hydrogen) atoms. The third-order valence-corrected chi connectivity index (χ3v) is 3.09. The Morgan fingerprint density at radius 3 is 2.68 bits per heavy atom. The summed E-state index contributed by atoms with van der Waals surface area (Å²) in [5, 5.41) is 0. The van der Waals surface area contributed by atoms with Gasteiger partial charge in [-0.25, -0.2) is 0 Å². The molecule has 0 bridgehead atoms. The molecule has 1 heterocycles. The molecular formula is C16H21N3. The minimum absolute atomic E-state index is 0.174. The Labute approximate surface area is 115 Å². The quantitative estimate of drug-likeness (QED) is 0.893. The van der Waals surface area contributed by atoms with Crippen molar-refractivity contribution in [3.63, 3.8) is 0 Å². The number of nitrogens with zero attached hydrogens (tertiary/aromatic N) is 2. The molecule has 0 amide bonds. The SMILES string of the molecule is CC(N)Cc1ccccc1N(C)Cc1cccnc1. The van der Waals surface area contributed by atoms with Crippen LogP contribution < -0.4 is 10.6 Å². The predicted molar refractivity (Wildman–Crippen MR) is 80.1 cm³/mol. The molecule has 1 unspecified atom stereocenters. The summed E-state index contributed by atoms with van der Waals surface area (Å²) < 4.78 is 0. The van der Waals surface area contributed by atoms with Crippen molar-refractivity contribution in [3.8, 4) is 0 Å². The lowest BCUT2D eigenvalue weighted by molar-refractivity contribution is 0.734. The standard InChI is InChI=1S/C16H21N3/c1-13(17)10-15-7-3-4-8-16(15)19(2)12-14-6-5-9-18-11-14/h3-9,11,13H,10,12,17H2,1-2H3. The Hall–Kier alpha value is -1.87. The highest BCUT2D eigenvalue weighted by atomic mass is 15.1. The van der Waals surface area contributed by atoms with Crippen LogP contribution in [0.5, 0.6) is 0 Å². The van der Waals surface area contributed by atoms with E-state index in [1.54, 1.807) is 6.20 Å². The Balaban J connectivity index is 2.16. The molecule has 0 spiro atoms. The average Bonchev–Trinajstić information content (AvgIpc) is 2.39. The van der Waals surface area contributed by atoms with Gasteiger partial charge < -0.3 is 10.6 Å². The van der Waals surface area contributed by atoms with Gasteiger partial charge in [0.2, 0.25) is 0 Å². The van der Waals surface area contributed by atoms with E-state index in [9.17, 15) is 0 Å². The van der Waals surface area contributed by atoms with Crippen LogP contribution in [-0.2, 0) is 13.0 Å². The molecule has 0 aliphatic rings. The topological polar surface area (TPSA) is 42.1 Å². The fraction of sp³-hybridized carbons (Fsp3) is 0.312. The third-order valence-electron chi connectivity index (χ3n) is 3.09. The summed E-state index contributed by atoms with van der Waals surface area (Å²) in [6.07, 6.45) is 4.60. The minimum atomic E-state index is 0.174. The molecule has 0 fully saturated rings. The zero-order valence-corrected chi connectivity index (χ0v) is 11.6. The van der Waals surface area contributed by atoms with E-state index in [1.807, 2.05) is 19.2 Å². The first-order valence-electron chi connectivity index (χ1n) is 6.60. The fourth-order valence-electron chi connectivity index (χ4n) is 2.25. The average molecular weight is 255 g/mol. The van der Waals surface area contributed by atoms with Crippen LogP contribution in [0.1, 0.15) is 18.1 Å². The van der Waals surface area contributed by atoms with Crippen molar-refractivity contribution in [2.75, 3.05) is 11.9 Å². The number of anilines is 1. The van der Waals surface area contributed by atoms with Crippen LogP contribution in [-0.4, -0.2) is 18.1 Å². The Morgan fingerprint density at radius 1 is 1.21 bits per heavy atom. The van der Waals surface area contributed by atoms with Crippen molar-refractivity contribution < 1.29 is 0 Å². The Kier molecular flexibility index (Phi) is 4.53. The van der Waals surface area contributed by atoms with Gasteiger partial charge in [-0.3, -0.25) is 4.98 Å². The van der Waals surface area contributed by atoms with E-state index in [1.165, 1.54) is 16.8 Å². The van der Waals surface area contributed by atoms with Crippen molar-refractivity contribution >= 4 is 5.69 Å². The van der Waals surface area contributed by atoms with Crippen molar-refractivity contribution in [1.82, 2.24) is 4.98 Å². The second kappa shape index (κ2) is 6.34. The van der Waals surface area contributed by atoms with Crippen LogP contribution in [0.15, 0.2) is 48.8 Å². The highest BCUT2D eigenvalue weighted by Crippen LogP contribution is 2.21.